The molecule has 27 heavy (non-hydrogen) atoms. The van der Waals surface area contributed by atoms with Crippen molar-refractivity contribution in [2.45, 2.75) is 44.8 Å². The molecule has 2 heterocycles. The maximum atomic E-state index is 12.9. The Morgan fingerprint density at radius 2 is 1.96 bits per heavy atom. The highest BCUT2D eigenvalue weighted by molar-refractivity contribution is 7.99. The van der Waals surface area contributed by atoms with Crippen LogP contribution in [0.5, 0.6) is 0 Å². The molecule has 1 aliphatic rings. The quantitative estimate of drug-likeness (QED) is 0.518. The molecule has 7 heteroatoms. The van der Waals surface area contributed by atoms with Crippen LogP contribution in [0.1, 0.15) is 46.2 Å². The number of nitrogens with zero attached hydrogens (tertiary/aromatic N) is 4. The first-order valence-electron chi connectivity index (χ1n) is 9.08. The van der Waals surface area contributed by atoms with E-state index in [2.05, 4.69) is 33.8 Å². The van der Waals surface area contributed by atoms with Gasteiger partial charge in [0.2, 0.25) is 5.95 Å². The largest absolute Gasteiger partial charge is 0.368 e. The molecule has 1 aromatic carbocycles. The topological polar surface area (TPSA) is 78.7 Å². The summed E-state index contributed by atoms with van der Waals surface area (Å²) in [5.74, 6) is 0.852. The van der Waals surface area contributed by atoms with E-state index >= 15 is 0 Å². The number of hydrogen-bond acceptors (Lipinski definition) is 5. The number of aryl methyl sites for hydroxylation is 2. The molecule has 2 N–H and O–H groups in total. The van der Waals surface area contributed by atoms with Gasteiger partial charge in [0.15, 0.2) is 10.9 Å². The predicted molar refractivity (Wildman–Crippen MR) is 108 cm³/mol. The maximum Gasteiger partial charge on any atom is 0.222 e. The molecule has 1 aliphatic carbocycles. The van der Waals surface area contributed by atoms with Crippen LogP contribution < -0.4 is 5.73 Å². The van der Waals surface area contributed by atoms with Crippen LogP contribution in [-0.2, 0) is 0 Å². The Balaban J connectivity index is 1.57. The number of benzene rings is 1. The zero-order valence-corrected chi connectivity index (χ0v) is 16.6. The second kappa shape index (κ2) is 6.88. The summed E-state index contributed by atoms with van der Waals surface area (Å²) in [7, 11) is 0. The lowest BCUT2D eigenvalue weighted by molar-refractivity contribution is 0.102. The number of para-hydroxylation sites is 1. The molecular weight excluding hydrogens is 358 g/mol. The number of thioether (sulfide) groups is 1. The standard InChI is InChI=1S/C20H23N5OS/c1-12-6-4-5-7-17(12)24-13(2)10-16(14(24)3)18(26)11-27-20-23-22-19(21)25(20)15-8-9-15/h4-7,10,15H,8-9,11H2,1-3H3,(H2,21,22). The first kappa shape index (κ1) is 17.9. The van der Waals surface area contributed by atoms with Crippen LogP contribution in [0.25, 0.3) is 5.69 Å². The van der Waals surface area contributed by atoms with Gasteiger partial charge in [-0.2, -0.15) is 0 Å². The van der Waals surface area contributed by atoms with Gasteiger partial charge in [0.05, 0.1) is 5.75 Å². The molecule has 1 fully saturated rings. The summed E-state index contributed by atoms with van der Waals surface area (Å²) in [6.45, 7) is 6.12. The molecule has 0 unspecified atom stereocenters. The van der Waals surface area contributed by atoms with Gasteiger partial charge in [-0.05, 0) is 51.3 Å². The van der Waals surface area contributed by atoms with E-state index in [-0.39, 0.29) is 5.78 Å². The van der Waals surface area contributed by atoms with Crippen molar-refractivity contribution in [3.63, 3.8) is 0 Å². The molecule has 4 rings (SSSR count). The number of rotatable bonds is 6. The Hall–Kier alpha value is -2.54. The zero-order chi connectivity index (χ0) is 19.1. The third-order valence-electron chi connectivity index (χ3n) is 5.02. The molecule has 6 nitrogen and oxygen atoms in total. The number of anilines is 1. The average molecular weight is 382 g/mol. The minimum absolute atomic E-state index is 0.0943. The number of hydrogen-bond donors (Lipinski definition) is 1. The summed E-state index contributed by atoms with van der Waals surface area (Å²) in [5.41, 5.74) is 11.0. The van der Waals surface area contributed by atoms with Gasteiger partial charge in [-0.25, -0.2) is 0 Å². The fourth-order valence-electron chi connectivity index (χ4n) is 3.50. The maximum absolute atomic E-state index is 12.9. The molecule has 1 saturated carbocycles. The molecule has 0 bridgehead atoms. The SMILES string of the molecule is Cc1ccccc1-n1c(C)cc(C(=O)CSc2nnc(N)n2C2CC2)c1C. The summed E-state index contributed by atoms with van der Waals surface area (Å²) in [6.07, 6.45) is 2.20. The van der Waals surface area contributed by atoms with Crippen molar-refractivity contribution < 1.29 is 4.79 Å². The Morgan fingerprint density at radius 3 is 2.67 bits per heavy atom. The normalized spacial score (nSPS) is 13.9. The number of carbonyl (C=O) groups excluding carboxylic acids is 1. The van der Waals surface area contributed by atoms with Gasteiger partial charge in [0.1, 0.15) is 0 Å². The number of Topliss-reactive ketones (excluding diaryl/α,β-unsaturated/α-hetero) is 1. The Morgan fingerprint density at radius 1 is 1.22 bits per heavy atom. The van der Waals surface area contributed by atoms with Crippen LogP contribution >= 0.6 is 11.8 Å². The minimum Gasteiger partial charge on any atom is -0.368 e. The second-order valence-electron chi connectivity index (χ2n) is 7.06. The molecule has 0 amide bonds. The predicted octanol–water partition coefficient (Wildman–Crippen LogP) is 3.89. The molecule has 140 valence electrons. The van der Waals surface area contributed by atoms with Crippen LogP contribution in [0.15, 0.2) is 35.5 Å². The van der Waals surface area contributed by atoms with Crippen LogP contribution in [0.2, 0.25) is 0 Å². The molecule has 0 aliphatic heterocycles. The summed E-state index contributed by atoms with van der Waals surface area (Å²) in [4.78, 5) is 12.9. The van der Waals surface area contributed by atoms with Crippen LogP contribution in [0, 0.1) is 20.8 Å². The molecule has 2 aromatic heterocycles. The minimum atomic E-state index is 0.0943. The third kappa shape index (κ3) is 3.27. The van der Waals surface area contributed by atoms with E-state index in [0.717, 1.165) is 40.6 Å². The van der Waals surface area contributed by atoms with Gasteiger partial charge < -0.3 is 10.3 Å². The number of aromatic nitrogens is 4. The van der Waals surface area contributed by atoms with E-state index in [4.69, 9.17) is 5.73 Å². The Labute approximate surface area is 162 Å². The highest BCUT2D eigenvalue weighted by Gasteiger charge is 2.29. The van der Waals surface area contributed by atoms with Crippen molar-refractivity contribution in [1.82, 2.24) is 19.3 Å². The van der Waals surface area contributed by atoms with E-state index in [1.54, 1.807) is 0 Å². The first-order chi connectivity index (χ1) is 13.0. The lowest BCUT2D eigenvalue weighted by Crippen LogP contribution is -2.08. The Bertz CT molecular complexity index is 1020. The van der Waals surface area contributed by atoms with Crippen LogP contribution in [-0.4, -0.2) is 30.9 Å². The molecule has 0 radical (unpaired) electrons. The summed E-state index contributed by atoms with van der Waals surface area (Å²) in [5, 5.41) is 8.84. The molecule has 3 aromatic rings. The highest BCUT2D eigenvalue weighted by atomic mass is 32.2. The van der Waals surface area contributed by atoms with E-state index in [9.17, 15) is 4.79 Å². The van der Waals surface area contributed by atoms with Crippen molar-refractivity contribution in [3.8, 4) is 5.69 Å². The van der Waals surface area contributed by atoms with Crippen molar-refractivity contribution in [3.05, 3.63) is 52.8 Å². The second-order valence-corrected chi connectivity index (χ2v) is 8.00. The van der Waals surface area contributed by atoms with Gasteiger partial charge in [0.25, 0.3) is 0 Å². The lowest BCUT2D eigenvalue weighted by Gasteiger charge is -2.12. The van der Waals surface area contributed by atoms with E-state index in [0.29, 0.717) is 17.7 Å². The van der Waals surface area contributed by atoms with Crippen molar-refractivity contribution >= 4 is 23.5 Å². The third-order valence-corrected chi connectivity index (χ3v) is 5.97. The van der Waals surface area contributed by atoms with Gasteiger partial charge in [-0.3, -0.25) is 9.36 Å². The fourth-order valence-corrected chi connectivity index (χ4v) is 4.40. The van der Waals surface area contributed by atoms with E-state index in [1.165, 1.54) is 17.3 Å². The van der Waals surface area contributed by atoms with Gasteiger partial charge >= 0.3 is 0 Å². The number of nitrogens with two attached hydrogens (primary N) is 1. The van der Waals surface area contributed by atoms with Gasteiger partial charge in [-0.1, -0.05) is 30.0 Å². The zero-order valence-electron chi connectivity index (χ0n) is 15.8. The monoisotopic (exact) mass is 381 g/mol. The smallest absolute Gasteiger partial charge is 0.222 e. The molecular formula is C20H23N5OS. The average Bonchev–Trinajstić information content (AvgIpc) is 3.35. The fraction of sp³-hybridized carbons (Fsp3) is 0.350. The first-order valence-corrected chi connectivity index (χ1v) is 10.1. The van der Waals surface area contributed by atoms with Crippen molar-refractivity contribution in [2.75, 3.05) is 11.5 Å². The lowest BCUT2D eigenvalue weighted by atomic mass is 10.1. The molecule has 0 atom stereocenters. The highest BCUT2D eigenvalue weighted by Crippen LogP contribution is 2.39. The number of ketones is 1. The van der Waals surface area contributed by atoms with Crippen LogP contribution in [0.4, 0.5) is 5.95 Å². The molecule has 0 saturated heterocycles. The van der Waals surface area contributed by atoms with Crippen molar-refractivity contribution in [2.24, 2.45) is 0 Å². The van der Waals surface area contributed by atoms with E-state index < -0.39 is 0 Å². The van der Waals surface area contributed by atoms with Crippen LogP contribution in [0.3, 0.4) is 0 Å². The Kier molecular flexibility index (Phi) is 4.55. The number of nitrogen functional groups attached to an aromatic ring is 1. The van der Waals surface area contributed by atoms with Gasteiger partial charge in [0, 0.05) is 28.7 Å². The summed E-state index contributed by atoms with van der Waals surface area (Å²) < 4.78 is 4.10. The molecule has 0 spiro atoms. The van der Waals surface area contributed by atoms with E-state index in [1.807, 2.05) is 36.6 Å². The summed E-state index contributed by atoms with van der Waals surface area (Å²) in [6, 6.07) is 10.6. The number of carbonyl (C=O) groups is 1. The van der Waals surface area contributed by atoms with Crippen molar-refractivity contribution in [1.29, 1.82) is 0 Å². The van der Waals surface area contributed by atoms with Gasteiger partial charge in [-0.15, -0.1) is 10.2 Å². The summed E-state index contributed by atoms with van der Waals surface area (Å²) >= 11 is 1.41.